The molecule has 0 fully saturated rings. The van der Waals surface area contributed by atoms with Crippen LogP contribution in [0.2, 0.25) is 0 Å². The van der Waals surface area contributed by atoms with Crippen LogP contribution in [0, 0.1) is 5.82 Å². The molecule has 0 amide bonds. The molecular weight excluding hydrogens is 317 g/mol. The van der Waals surface area contributed by atoms with Crippen LogP contribution in [-0.4, -0.2) is 14.8 Å². The first-order chi connectivity index (χ1) is 12.1. The summed E-state index contributed by atoms with van der Waals surface area (Å²) in [6.07, 6.45) is 1.67. The highest BCUT2D eigenvalue weighted by atomic mass is 19.1. The van der Waals surface area contributed by atoms with Crippen molar-refractivity contribution < 1.29 is 8.81 Å². The van der Waals surface area contributed by atoms with Crippen molar-refractivity contribution in [2.75, 3.05) is 0 Å². The highest BCUT2D eigenvalue weighted by molar-refractivity contribution is 5.91. The fraction of sp³-hybridized carbons (Fsp3) is 0.200. The van der Waals surface area contributed by atoms with E-state index in [4.69, 9.17) is 4.42 Å². The minimum absolute atomic E-state index is 0.234. The van der Waals surface area contributed by atoms with E-state index in [0.717, 1.165) is 16.6 Å². The molecule has 2 aromatic heterocycles. The Morgan fingerprint density at radius 3 is 2.60 bits per heavy atom. The number of halogens is 1. The SMILES string of the molecule is CC(C)c1coc(-c2nn(Cc3ccccc3F)c3ccccc23)n1. The molecule has 4 nitrogen and oxygen atoms in total. The number of benzene rings is 2. The molecule has 0 saturated heterocycles. The van der Waals surface area contributed by atoms with Gasteiger partial charge in [-0.3, -0.25) is 4.68 Å². The first-order valence-electron chi connectivity index (χ1n) is 8.28. The van der Waals surface area contributed by atoms with Crippen molar-refractivity contribution in [1.82, 2.24) is 14.8 Å². The third-order valence-corrected chi connectivity index (χ3v) is 4.25. The molecule has 0 radical (unpaired) electrons. The van der Waals surface area contributed by atoms with Gasteiger partial charge in [-0.2, -0.15) is 5.10 Å². The smallest absolute Gasteiger partial charge is 0.247 e. The predicted octanol–water partition coefficient (Wildman–Crippen LogP) is 5.00. The highest BCUT2D eigenvalue weighted by Crippen LogP contribution is 2.29. The van der Waals surface area contributed by atoms with E-state index in [2.05, 4.69) is 23.9 Å². The van der Waals surface area contributed by atoms with E-state index in [-0.39, 0.29) is 11.7 Å². The second-order valence-electron chi connectivity index (χ2n) is 6.35. The second kappa shape index (κ2) is 6.16. The van der Waals surface area contributed by atoms with E-state index < -0.39 is 0 Å². The zero-order chi connectivity index (χ0) is 17.4. The maximum absolute atomic E-state index is 14.0. The summed E-state index contributed by atoms with van der Waals surface area (Å²) in [6, 6.07) is 14.6. The molecule has 0 unspecified atom stereocenters. The van der Waals surface area contributed by atoms with Gasteiger partial charge in [0.05, 0.1) is 17.8 Å². The molecule has 0 atom stereocenters. The maximum Gasteiger partial charge on any atom is 0.247 e. The number of nitrogens with zero attached hydrogens (tertiary/aromatic N) is 3. The molecule has 0 spiro atoms. The van der Waals surface area contributed by atoms with E-state index in [1.807, 2.05) is 30.3 Å². The summed E-state index contributed by atoms with van der Waals surface area (Å²) in [4.78, 5) is 4.55. The van der Waals surface area contributed by atoms with Gasteiger partial charge in [0.25, 0.3) is 0 Å². The van der Waals surface area contributed by atoms with Gasteiger partial charge in [-0.25, -0.2) is 9.37 Å². The normalized spacial score (nSPS) is 11.5. The fourth-order valence-corrected chi connectivity index (χ4v) is 2.85. The molecule has 4 rings (SSSR count). The van der Waals surface area contributed by atoms with Crippen LogP contribution in [0.4, 0.5) is 4.39 Å². The van der Waals surface area contributed by atoms with Gasteiger partial charge < -0.3 is 4.42 Å². The van der Waals surface area contributed by atoms with E-state index in [1.165, 1.54) is 6.07 Å². The summed E-state index contributed by atoms with van der Waals surface area (Å²) >= 11 is 0. The van der Waals surface area contributed by atoms with Gasteiger partial charge in [0.15, 0.2) is 5.69 Å². The monoisotopic (exact) mass is 335 g/mol. The van der Waals surface area contributed by atoms with E-state index in [0.29, 0.717) is 23.7 Å². The molecule has 0 aliphatic carbocycles. The van der Waals surface area contributed by atoms with E-state index in [9.17, 15) is 4.39 Å². The summed E-state index contributed by atoms with van der Waals surface area (Å²) < 4.78 is 21.5. The van der Waals surface area contributed by atoms with Gasteiger partial charge in [-0.15, -0.1) is 0 Å². The number of hydrogen-bond donors (Lipinski definition) is 0. The van der Waals surface area contributed by atoms with E-state index in [1.54, 1.807) is 23.1 Å². The van der Waals surface area contributed by atoms with Gasteiger partial charge >= 0.3 is 0 Å². The van der Waals surface area contributed by atoms with Gasteiger partial charge in [-0.1, -0.05) is 50.2 Å². The first kappa shape index (κ1) is 15.6. The zero-order valence-electron chi connectivity index (χ0n) is 14.1. The van der Waals surface area contributed by atoms with Crippen molar-refractivity contribution in [3.8, 4) is 11.6 Å². The quantitative estimate of drug-likeness (QED) is 0.527. The molecule has 0 saturated carbocycles. The number of aromatic nitrogens is 3. The fourth-order valence-electron chi connectivity index (χ4n) is 2.85. The molecular formula is C20H18FN3O. The summed E-state index contributed by atoms with van der Waals surface area (Å²) in [5.41, 5.74) is 3.09. The van der Waals surface area contributed by atoms with Gasteiger partial charge in [-0.05, 0) is 18.1 Å². The lowest BCUT2D eigenvalue weighted by molar-refractivity contribution is 0.564. The Hall–Kier alpha value is -2.95. The van der Waals surface area contributed by atoms with Crippen LogP contribution in [-0.2, 0) is 6.54 Å². The standard InChI is InChI=1S/C20H18FN3O/c1-13(2)17-12-25-20(22-17)19-15-8-4-6-10-18(15)24(23-19)11-14-7-3-5-9-16(14)21/h3-10,12-13H,11H2,1-2H3. The molecule has 0 bridgehead atoms. The Morgan fingerprint density at radius 1 is 1.08 bits per heavy atom. The molecule has 0 aliphatic rings. The van der Waals surface area contributed by atoms with Gasteiger partial charge in [0.1, 0.15) is 12.1 Å². The number of fused-ring (bicyclic) bond motifs is 1. The maximum atomic E-state index is 14.0. The topological polar surface area (TPSA) is 43.9 Å². The van der Waals surface area contributed by atoms with Crippen LogP contribution in [0.5, 0.6) is 0 Å². The first-order valence-corrected chi connectivity index (χ1v) is 8.28. The number of oxazole rings is 1. The Labute approximate surface area is 144 Å². The number of para-hydroxylation sites is 1. The van der Waals surface area contributed by atoms with Crippen molar-refractivity contribution >= 4 is 10.9 Å². The summed E-state index contributed by atoms with van der Waals surface area (Å²) in [7, 11) is 0. The predicted molar refractivity (Wildman–Crippen MR) is 94.8 cm³/mol. The number of rotatable bonds is 4. The molecule has 4 aromatic rings. The molecule has 5 heteroatoms. The van der Waals surface area contributed by atoms with Gasteiger partial charge in [0, 0.05) is 10.9 Å². The minimum atomic E-state index is -0.234. The van der Waals surface area contributed by atoms with Crippen molar-refractivity contribution in [3.63, 3.8) is 0 Å². The lowest BCUT2D eigenvalue weighted by atomic mass is 10.1. The molecule has 2 aromatic carbocycles. The van der Waals surface area contributed by atoms with Crippen molar-refractivity contribution in [3.05, 3.63) is 71.9 Å². The Bertz CT molecular complexity index is 1030. The lowest BCUT2D eigenvalue weighted by Crippen LogP contribution is -2.03. The minimum Gasteiger partial charge on any atom is -0.443 e. The third kappa shape index (κ3) is 2.82. The van der Waals surface area contributed by atoms with E-state index >= 15 is 0 Å². The average Bonchev–Trinajstić information content (AvgIpc) is 3.22. The van der Waals surface area contributed by atoms with Crippen LogP contribution < -0.4 is 0 Å². The Kier molecular flexibility index (Phi) is 3.84. The largest absolute Gasteiger partial charge is 0.443 e. The molecule has 0 aliphatic heterocycles. The summed E-state index contributed by atoms with van der Waals surface area (Å²) in [5, 5.41) is 5.60. The second-order valence-corrected chi connectivity index (χ2v) is 6.35. The van der Waals surface area contributed by atoms with Crippen LogP contribution >= 0.6 is 0 Å². The van der Waals surface area contributed by atoms with Crippen molar-refractivity contribution in [1.29, 1.82) is 0 Å². The van der Waals surface area contributed by atoms with Crippen LogP contribution in [0.1, 0.15) is 31.0 Å². The molecule has 2 heterocycles. The zero-order valence-corrected chi connectivity index (χ0v) is 14.1. The summed E-state index contributed by atoms with van der Waals surface area (Å²) in [5.74, 6) is 0.540. The van der Waals surface area contributed by atoms with Gasteiger partial charge in [0.2, 0.25) is 5.89 Å². The average molecular weight is 335 g/mol. The Balaban J connectivity index is 1.82. The highest BCUT2D eigenvalue weighted by Gasteiger charge is 2.18. The molecule has 25 heavy (non-hydrogen) atoms. The van der Waals surface area contributed by atoms with Crippen LogP contribution in [0.25, 0.3) is 22.5 Å². The summed E-state index contributed by atoms with van der Waals surface area (Å²) in [6.45, 7) is 4.48. The van der Waals surface area contributed by atoms with Crippen LogP contribution in [0.3, 0.4) is 0 Å². The number of hydrogen-bond acceptors (Lipinski definition) is 3. The van der Waals surface area contributed by atoms with Crippen molar-refractivity contribution in [2.24, 2.45) is 0 Å². The third-order valence-electron chi connectivity index (χ3n) is 4.25. The molecule has 126 valence electrons. The lowest BCUT2D eigenvalue weighted by Gasteiger charge is -2.04. The van der Waals surface area contributed by atoms with Crippen LogP contribution in [0.15, 0.2) is 59.2 Å². The molecule has 0 N–H and O–H groups in total. The van der Waals surface area contributed by atoms with Crippen molar-refractivity contribution in [2.45, 2.75) is 26.3 Å². The Morgan fingerprint density at radius 2 is 1.84 bits per heavy atom.